The molecule has 2 aromatic rings. The zero-order valence-corrected chi connectivity index (χ0v) is 12.5. The number of rotatable bonds is 3. The van der Waals surface area contributed by atoms with E-state index in [0.717, 1.165) is 12.1 Å². The van der Waals surface area contributed by atoms with E-state index in [1.54, 1.807) is 0 Å². The van der Waals surface area contributed by atoms with E-state index < -0.39 is 34.8 Å². The van der Waals surface area contributed by atoms with E-state index in [-0.39, 0.29) is 29.2 Å². The van der Waals surface area contributed by atoms with Crippen LogP contribution in [0.5, 0.6) is 11.5 Å². The third-order valence-corrected chi connectivity index (χ3v) is 3.42. The van der Waals surface area contributed by atoms with Crippen molar-refractivity contribution >= 4 is 6.29 Å². The van der Waals surface area contributed by atoms with E-state index in [1.807, 2.05) is 0 Å². The van der Waals surface area contributed by atoms with E-state index in [1.165, 1.54) is 7.11 Å². The molecular formula is C16H10F6O3. The summed E-state index contributed by atoms with van der Waals surface area (Å²) in [4.78, 5) is 11.2. The van der Waals surface area contributed by atoms with Crippen molar-refractivity contribution in [3.05, 3.63) is 47.0 Å². The number of alkyl halides is 6. The number of phenolic OH excluding ortho intramolecular Hbond substituents is 1. The molecule has 0 aliphatic heterocycles. The van der Waals surface area contributed by atoms with Crippen LogP contribution in [0.25, 0.3) is 11.1 Å². The first-order valence-electron chi connectivity index (χ1n) is 6.64. The number of phenols is 1. The summed E-state index contributed by atoms with van der Waals surface area (Å²) in [6.07, 6.45) is -9.85. The Bertz CT molecular complexity index is 809. The second-order valence-corrected chi connectivity index (χ2v) is 4.99. The Hall–Kier alpha value is -2.71. The first-order chi connectivity index (χ1) is 11.5. The van der Waals surface area contributed by atoms with Crippen LogP contribution in [0, 0.1) is 0 Å². The molecule has 0 fully saturated rings. The van der Waals surface area contributed by atoms with Crippen LogP contribution in [0.3, 0.4) is 0 Å². The average molecular weight is 364 g/mol. The van der Waals surface area contributed by atoms with Gasteiger partial charge in [-0.05, 0) is 35.4 Å². The number of halogens is 6. The maximum Gasteiger partial charge on any atom is 0.417 e. The van der Waals surface area contributed by atoms with Gasteiger partial charge in [-0.25, -0.2) is 0 Å². The predicted molar refractivity (Wildman–Crippen MR) is 75.5 cm³/mol. The van der Waals surface area contributed by atoms with Crippen LogP contribution in [0.1, 0.15) is 21.5 Å². The van der Waals surface area contributed by atoms with Gasteiger partial charge in [0.05, 0.1) is 18.2 Å². The fraction of sp³-hybridized carbons (Fsp3) is 0.188. The number of benzene rings is 2. The molecule has 0 aromatic heterocycles. The topological polar surface area (TPSA) is 46.5 Å². The lowest BCUT2D eigenvalue weighted by Gasteiger charge is -2.17. The molecular weight excluding hydrogens is 354 g/mol. The van der Waals surface area contributed by atoms with Gasteiger partial charge in [0.2, 0.25) is 0 Å². The summed E-state index contributed by atoms with van der Waals surface area (Å²) < 4.78 is 82.6. The Morgan fingerprint density at radius 3 is 2.08 bits per heavy atom. The lowest BCUT2D eigenvalue weighted by atomic mass is 9.93. The minimum atomic E-state index is -5.10. The van der Waals surface area contributed by atoms with Crippen molar-refractivity contribution in [3.8, 4) is 22.6 Å². The van der Waals surface area contributed by atoms with Gasteiger partial charge in [-0.1, -0.05) is 6.07 Å². The number of aromatic hydroxyl groups is 1. The summed E-state index contributed by atoms with van der Waals surface area (Å²) in [6, 6.07) is 2.88. The Morgan fingerprint density at radius 2 is 1.60 bits per heavy atom. The first kappa shape index (κ1) is 18.6. The van der Waals surface area contributed by atoms with E-state index in [9.17, 15) is 36.2 Å². The number of hydrogen-bond donors (Lipinski definition) is 1. The van der Waals surface area contributed by atoms with E-state index >= 15 is 0 Å². The molecule has 0 unspecified atom stereocenters. The van der Waals surface area contributed by atoms with Gasteiger partial charge in [-0.2, -0.15) is 26.3 Å². The molecule has 0 aliphatic rings. The molecule has 0 radical (unpaired) electrons. The van der Waals surface area contributed by atoms with Crippen LogP contribution >= 0.6 is 0 Å². The zero-order chi connectivity index (χ0) is 19.0. The van der Waals surface area contributed by atoms with Crippen molar-refractivity contribution in [2.75, 3.05) is 7.11 Å². The molecule has 0 saturated carbocycles. The van der Waals surface area contributed by atoms with Gasteiger partial charge in [-0.3, -0.25) is 4.79 Å². The molecule has 0 saturated heterocycles. The lowest BCUT2D eigenvalue weighted by molar-refractivity contribution is -0.142. The van der Waals surface area contributed by atoms with Crippen LogP contribution in [-0.2, 0) is 12.4 Å². The van der Waals surface area contributed by atoms with Gasteiger partial charge in [0.25, 0.3) is 0 Å². The smallest absolute Gasteiger partial charge is 0.417 e. The quantitative estimate of drug-likeness (QED) is 0.621. The van der Waals surface area contributed by atoms with Gasteiger partial charge >= 0.3 is 12.4 Å². The summed E-state index contributed by atoms with van der Waals surface area (Å²) in [5.41, 5.74) is -4.36. The van der Waals surface area contributed by atoms with Crippen molar-refractivity contribution in [1.82, 2.24) is 0 Å². The van der Waals surface area contributed by atoms with Gasteiger partial charge < -0.3 is 9.84 Å². The average Bonchev–Trinajstić information content (AvgIpc) is 2.52. The SMILES string of the molecule is COc1cc(C=O)c(-c2ccc(C(F)(F)F)cc2C(F)(F)F)cc1O. The Labute approximate surface area is 137 Å². The fourth-order valence-electron chi connectivity index (χ4n) is 2.27. The molecule has 134 valence electrons. The maximum atomic E-state index is 13.2. The summed E-state index contributed by atoms with van der Waals surface area (Å²) >= 11 is 0. The highest BCUT2D eigenvalue weighted by Gasteiger charge is 2.38. The monoisotopic (exact) mass is 364 g/mol. The largest absolute Gasteiger partial charge is 0.504 e. The molecule has 0 aliphatic carbocycles. The molecule has 2 rings (SSSR count). The normalized spacial score (nSPS) is 12.1. The molecule has 0 bridgehead atoms. The minimum absolute atomic E-state index is 0.0365. The highest BCUT2D eigenvalue weighted by molar-refractivity contribution is 5.90. The molecule has 1 N–H and O–H groups in total. The third kappa shape index (κ3) is 3.70. The van der Waals surface area contributed by atoms with Gasteiger partial charge in [0.15, 0.2) is 17.8 Å². The first-order valence-corrected chi connectivity index (χ1v) is 6.64. The molecule has 0 spiro atoms. The van der Waals surface area contributed by atoms with Crippen molar-refractivity contribution in [3.63, 3.8) is 0 Å². The molecule has 2 aromatic carbocycles. The van der Waals surface area contributed by atoms with E-state index in [0.29, 0.717) is 12.1 Å². The van der Waals surface area contributed by atoms with Crippen molar-refractivity contribution in [2.24, 2.45) is 0 Å². The Morgan fingerprint density at radius 1 is 0.960 bits per heavy atom. The van der Waals surface area contributed by atoms with Crippen LogP contribution in [0.15, 0.2) is 30.3 Å². The van der Waals surface area contributed by atoms with Crippen LogP contribution in [-0.4, -0.2) is 18.5 Å². The summed E-state index contributed by atoms with van der Waals surface area (Å²) in [5, 5.41) is 9.75. The Kier molecular flexibility index (Phi) is 4.70. The molecule has 9 heteroatoms. The third-order valence-electron chi connectivity index (χ3n) is 3.42. The maximum absolute atomic E-state index is 13.2. The lowest BCUT2D eigenvalue weighted by Crippen LogP contribution is -2.12. The highest BCUT2D eigenvalue weighted by atomic mass is 19.4. The minimum Gasteiger partial charge on any atom is -0.504 e. The number of methoxy groups -OCH3 is 1. The second-order valence-electron chi connectivity index (χ2n) is 4.99. The number of carbonyl (C=O) groups is 1. The summed E-state index contributed by atoms with van der Waals surface area (Å²) in [5.74, 6) is -0.720. The van der Waals surface area contributed by atoms with Crippen molar-refractivity contribution < 1.29 is 41.0 Å². The van der Waals surface area contributed by atoms with E-state index in [4.69, 9.17) is 4.74 Å². The molecule has 0 amide bonds. The van der Waals surface area contributed by atoms with Crippen LogP contribution < -0.4 is 4.74 Å². The van der Waals surface area contributed by atoms with Crippen molar-refractivity contribution in [1.29, 1.82) is 0 Å². The van der Waals surface area contributed by atoms with Crippen molar-refractivity contribution in [2.45, 2.75) is 12.4 Å². The standard InChI is InChI=1S/C16H10F6O3/c1-25-14-4-8(7-23)11(6-13(14)24)10-3-2-9(15(17,18)19)5-12(10)16(20,21)22/h2-7,24H,1H3. The molecule has 0 heterocycles. The molecule has 0 atom stereocenters. The van der Waals surface area contributed by atoms with Crippen LogP contribution in [0.2, 0.25) is 0 Å². The van der Waals surface area contributed by atoms with Crippen LogP contribution in [0.4, 0.5) is 26.3 Å². The highest BCUT2D eigenvalue weighted by Crippen LogP contribution is 2.43. The Balaban J connectivity index is 2.79. The van der Waals surface area contributed by atoms with E-state index in [2.05, 4.69) is 0 Å². The van der Waals surface area contributed by atoms with Gasteiger partial charge in [0.1, 0.15) is 0 Å². The number of aldehydes is 1. The summed E-state index contributed by atoms with van der Waals surface area (Å²) in [6.45, 7) is 0. The molecule has 3 nitrogen and oxygen atoms in total. The number of hydrogen-bond acceptors (Lipinski definition) is 3. The fourth-order valence-corrected chi connectivity index (χ4v) is 2.27. The number of ether oxygens (including phenoxy) is 1. The van der Waals surface area contributed by atoms with Gasteiger partial charge in [0, 0.05) is 5.56 Å². The zero-order valence-electron chi connectivity index (χ0n) is 12.5. The predicted octanol–water partition coefficient (Wildman–Crippen LogP) is 4.92. The summed E-state index contributed by atoms with van der Waals surface area (Å²) in [7, 11) is 1.17. The number of carbonyl (C=O) groups excluding carboxylic acids is 1. The molecule has 25 heavy (non-hydrogen) atoms. The van der Waals surface area contributed by atoms with Gasteiger partial charge in [-0.15, -0.1) is 0 Å². The second kappa shape index (κ2) is 6.30.